The van der Waals surface area contributed by atoms with E-state index in [0.717, 1.165) is 19.4 Å². The quantitative estimate of drug-likeness (QED) is 0.896. The lowest BCUT2D eigenvalue weighted by Gasteiger charge is -2.20. The Kier molecular flexibility index (Phi) is 4.16. The molecule has 0 bridgehead atoms. The van der Waals surface area contributed by atoms with E-state index < -0.39 is 5.97 Å². The van der Waals surface area contributed by atoms with E-state index in [1.54, 1.807) is 11.9 Å². The average molecular weight is 263 g/mol. The van der Waals surface area contributed by atoms with Gasteiger partial charge in [-0.25, -0.2) is 4.79 Å². The number of hydrogen-bond acceptors (Lipinski definition) is 3. The highest BCUT2D eigenvalue weighted by Crippen LogP contribution is 2.14. The van der Waals surface area contributed by atoms with E-state index >= 15 is 0 Å². The Hall–Kier alpha value is -1.88. The van der Waals surface area contributed by atoms with Crippen molar-refractivity contribution in [3.63, 3.8) is 0 Å². The first-order valence-corrected chi connectivity index (χ1v) is 6.28. The van der Waals surface area contributed by atoms with Crippen LogP contribution in [-0.2, 0) is 4.74 Å². The predicted molar refractivity (Wildman–Crippen MR) is 69.3 cm³/mol. The van der Waals surface area contributed by atoms with Crippen LogP contribution >= 0.6 is 0 Å². The molecule has 2 rings (SSSR count). The Labute approximate surface area is 111 Å². The predicted octanol–water partition coefficient (Wildman–Crippen LogP) is 1.64. The lowest BCUT2D eigenvalue weighted by atomic mass is 10.1. The van der Waals surface area contributed by atoms with E-state index in [1.807, 2.05) is 0 Å². The van der Waals surface area contributed by atoms with Crippen LogP contribution in [0.15, 0.2) is 24.3 Å². The van der Waals surface area contributed by atoms with E-state index in [0.29, 0.717) is 12.1 Å². The first kappa shape index (κ1) is 13.5. The Morgan fingerprint density at radius 2 is 1.95 bits per heavy atom. The molecule has 1 N–H and O–H groups in total. The zero-order valence-electron chi connectivity index (χ0n) is 10.8. The molecule has 19 heavy (non-hydrogen) atoms. The van der Waals surface area contributed by atoms with Gasteiger partial charge >= 0.3 is 5.97 Å². The molecule has 0 radical (unpaired) electrons. The van der Waals surface area contributed by atoms with E-state index in [-0.39, 0.29) is 17.6 Å². The Balaban J connectivity index is 1.99. The highest BCUT2D eigenvalue weighted by atomic mass is 16.5. The molecule has 1 saturated heterocycles. The number of carboxylic acids is 1. The van der Waals surface area contributed by atoms with Crippen molar-refractivity contribution in [2.24, 2.45) is 0 Å². The van der Waals surface area contributed by atoms with Crippen LogP contribution in [0, 0.1) is 0 Å². The van der Waals surface area contributed by atoms with Crippen LogP contribution in [0.5, 0.6) is 0 Å². The molecule has 1 atom stereocenters. The zero-order valence-corrected chi connectivity index (χ0v) is 10.8. The summed E-state index contributed by atoms with van der Waals surface area (Å²) in [4.78, 5) is 24.5. The molecule has 1 fully saturated rings. The summed E-state index contributed by atoms with van der Waals surface area (Å²) in [6.45, 7) is 1.33. The van der Waals surface area contributed by atoms with Gasteiger partial charge in [-0.15, -0.1) is 0 Å². The first-order valence-electron chi connectivity index (χ1n) is 6.28. The number of likely N-dealkylation sites (N-methyl/N-ethyl adjacent to an activating group) is 1. The van der Waals surface area contributed by atoms with Gasteiger partial charge in [0.15, 0.2) is 0 Å². The monoisotopic (exact) mass is 263 g/mol. The van der Waals surface area contributed by atoms with Gasteiger partial charge < -0.3 is 14.7 Å². The molecule has 102 valence electrons. The van der Waals surface area contributed by atoms with Gasteiger partial charge in [0.1, 0.15) is 0 Å². The first-order chi connectivity index (χ1) is 9.08. The van der Waals surface area contributed by atoms with Gasteiger partial charge in [-0.05, 0) is 37.1 Å². The SMILES string of the molecule is CN(C[C@H]1CCCO1)C(=O)c1ccc(C(=O)O)cc1. The van der Waals surface area contributed by atoms with Crippen molar-refractivity contribution in [3.05, 3.63) is 35.4 Å². The molecular formula is C14H17NO4. The minimum Gasteiger partial charge on any atom is -0.478 e. The minimum atomic E-state index is -0.994. The molecule has 0 unspecified atom stereocenters. The number of nitrogens with zero attached hydrogens (tertiary/aromatic N) is 1. The fourth-order valence-electron chi connectivity index (χ4n) is 2.15. The van der Waals surface area contributed by atoms with Gasteiger partial charge in [0.05, 0.1) is 11.7 Å². The Morgan fingerprint density at radius 1 is 1.32 bits per heavy atom. The second kappa shape index (κ2) is 5.84. The van der Waals surface area contributed by atoms with E-state index in [2.05, 4.69) is 0 Å². The van der Waals surface area contributed by atoms with E-state index in [4.69, 9.17) is 9.84 Å². The van der Waals surface area contributed by atoms with Crippen LogP contribution < -0.4 is 0 Å². The molecular weight excluding hydrogens is 246 g/mol. The molecule has 5 heteroatoms. The summed E-state index contributed by atoms with van der Waals surface area (Å²) in [5, 5.41) is 8.80. The largest absolute Gasteiger partial charge is 0.478 e. The lowest BCUT2D eigenvalue weighted by Crippen LogP contribution is -2.34. The summed E-state index contributed by atoms with van der Waals surface area (Å²) in [5.74, 6) is -1.11. The zero-order chi connectivity index (χ0) is 13.8. The number of benzene rings is 1. The number of carboxylic acid groups (broad SMARTS) is 1. The standard InChI is InChI=1S/C14H17NO4/c1-15(9-12-3-2-8-19-12)13(16)10-4-6-11(7-5-10)14(17)18/h4-7,12H,2-3,8-9H2,1H3,(H,17,18)/t12-/m1/s1. The fourth-order valence-corrected chi connectivity index (χ4v) is 2.15. The third-order valence-electron chi connectivity index (χ3n) is 3.23. The lowest BCUT2D eigenvalue weighted by molar-refractivity contribution is 0.0586. The molecule has 1 aliphatic heterocycles. The number of carbonyl (C=O) groups is 2. The average Bonchev–Trinajstić information content (AvgIpc) is 2.90. The van der Waals surface area contributed by atoms with Crippen molar-refractivity contribution >= 4 is 11.9 Å². The molecule has 0 spiro atoms. The topological polar surface area (TPSA) is 66.8 Å². The number of rotatable bonds is 4. The number of aromatic carboxylic acids is 1. The second-order valence-electron chi connectivity index (χ2n) is 4.70. The van der Waals surface area contributed by atoms with Crippen LogP contribution in [0.4, 0.5) is 0 Å². The number of carbonyl (C=O) groups excluding carboxylic acids is 1. The molecule has 5 nitrogen and oxygen atoms in total. The van der Waals surface area contributed by atoms with Crippen LogP contribution in [0.2, 0.25) is 0 Å². The van der Waals surface area contributed by atoms with Crippen LogP contribution in [0.3, 0.4) is 0 Å². The van der Waals surface area contributed by atoms with Gasteiger partial charge in [0.25, 0.3) is 5.91 Å². The molecule has 0 saturated carbocycles. The van der Waals surface area contributed by atoms with E-state index in [9.17, 15) is 9.59 Å². The van der Waals surface area contributed by atoms with E-state index in [1.165, 1.54) is 24.3 Å². The summed E-state index contributed by atoms with van der Waals surface area (Å²) in [7, 11) is 1.73. The van der Waals surface area contributed by atoms with Crippen molar-refractivity contribution in [2.45, 2.75) is 18.9 Å². The van der Waals surface area contributed by atoms with Gasteiger partial charge in [-0.1, -0.05) is 0 Å². The third kappa shape index (κ3) is 3.32. The van der Waals surface area contributed by atoms with Crippen molar-refractivity contribution < 1.29 is 19.4 Å². The molecule has 1 aromatic rings. The summed E-state index contributed by atoms with van der Waals surface area (Å²) >= 11 is 0. The van der Waals surface area contributed by atoms with Crippen molar-refractivity contribution in [3.8, 4) is 0 Å². The van der Waals surface area contributed by atoms with Crippen LogP contribution in [0.25, 0.3) is 0 Å². The molecule has 1 heterocycles. The van der Waals surface area contributed by atoms with Crippen molar-refractivity contribution in [2.75, 3.05) is 20.2 Å². The van der Waals surface area contributed by atoms with Crippen molar-refractivity contribution in [1.29, 1.82) is 0 Å². The molecule has 1 aromatic carbocycles. The Morgan fingerprint density at radius 3 is 2.47 bits per heavy atom. The third-order valence-corrected chi connectivity index (χ3v) is 3.23. The smallest absolute Gasteiger partial charge is 0.335 e. The number of amides is 1. The summed E-state index contributed by atoms with van der Waals surface area (Å²) in [6.07, 6.45) is 2.14. The molecule has 1 aliphatic rings. The van der Waals surface area contributed by atoms with Crippen molar-refractivity contribution in [1.82, 2.24) is 4.90 Å². The van der Waals surface area contributed by atoms with Gasteiger partial charge in [-0.2, -0.15) is 0 Å². The van der Waals surface area contributed by atoms with Gasteiger partial charge in [0, 0.05) is 25.8 Å². The molecule has 1 amide bonds. The molecule has 0 aliphatic carbocycles. The fraction of sp³-hybridized carbons (Fsp3) is 0.429. The number of hydrogen-bond donors (Lipinski definition) is 1. The van der Waals surface area contributed by atoms with Gasteiger partial charge in [0.2, 0.25) is 0 Å². The second-order valence-corrected chi connectivity index (χ2v) is 4.70. The minimum absolute atomic E-state index is 0.118. The maximum absolute atomic E-state index is 12.1. The Bertz CT molecular complexity index is 463. The van der Waals surface area contributed by atoms with Crippen LogP contribution in [0.1, 0.15) is 33.6 Å². The summed E-state index contributed by atoms with van der Waals surface area (Å²) in [5.41, 5.74) is 0.670. The van der Waals surface area contributed by atoms with Gasteiger partial charge in [-0.3, -0.25) is 4.79 Å². The summed E-state index contributed by atoms with van der Waals surface area (Å²) < 4.78 is 5.49. The van der Waals surface area contributed by atoms with Crippen LogP contribution in [-0.4, -0.2) is 48.2 Å². The summed E-state index contributed by atoms with van der Waals surface area (Å²) in [6, 6.07) is 5.96. The normalized spacial score (nSPS) is 18.3. The molecule has 0 aromatic heterocycles. The number of ether oxygens (including phenoxy) is 1. The maximum atomic E-state index is 12.1. The highest BCUT2D eigenvalue weighted by molar-refractivity contribution is 5.95. The highest BCUT2D eigenvalue weighted by Gasteiger charge is 2.20. The maximum Gasteiger partial charge on any atom is 0.335 e.